The number of esters is 1. The van der Waals surface area contributed by atoms with Crippen molar-refractivity contribution in [1.82, 2.24) is 5.32 Å². The Kier molecular flexibility index (Phi) is 6.29. The summed E-state index contributed by atoms with van der Waals surface area (Å²) in [5.74, 6) is -1.10. The zero-order valence-electron chi connectivity index (χ0n) is 11.5. The van der Waals surface area contributed by atoms with E-state index in [0.717, 1.165) is 12.1 Å². The van der Waals surface area contributed by atoms with Crippen LogP contribution < -0.4 is 10.6 Å². The number of amides is 1. The molecule has 0 bridgehead atoms. The molecule has 0 spiro atoms. The number of halogens is 3. The quantitative estimate of drug-likeness (QED) is 0.654. The van der Waals surface area contributed by atoms with Gasteiger partial charge in [0.15, 0.2) is 5.11 Å². The molecule has 0 fully saturated rings. The van der Waals surface area contributed by atoms with Crippen LogP contribution in [0, 0.1) is 0 Å². The third-order valence-electron chi connectivity index (χ3n) is 2.48. The number of anilines is 1. The van der Waals surface area contributed by atoms with Gasteiger partial charge in [-0.3, -0.25) is 9.59 Å². The molecule has 5 nitrogen and oxygen atoms in total. The molecule has 0 aliphatic heterocycles. The van der Waals surface area contributed by atoms with Crippen molar-refractivity contribution < 1.29 is 27.5 Å². The van der Waals surface area contributed by atoms with Crippen LogP contribution >= 0.6 is 12.2 Å². The van der Waals surface area contributed by atoms with E-state index in [0.29, 0.717) is 0 Å². The molecule has 120 valence electrons. The van der Waals surface area contributed by atoms with E-state index in [1.165, 1.54) is 19.2 Å². The van der Waals surface area contributed by atoms with Crippen molar-refractivity contribution in [2.75, 3.05) is 12.4 Å². The molecule has 0 saturated heterocycles. The van der Waals surface area contributed by atoms with Gasteiger partial charge in [0.2, 0.25) is 5.91 Å². The van der Waals surface area contributed by atoms with Crippen LogP contribution in [0.25, 0.3) is 0 Å². The summed E-state index contributed by atoms with van der Waals surface area (Å²) in [7, 11) is 1.19. The third kappa shape index (κ3) is 6.08. The van der Waals surface area contributed by atoms with Gasteiger partial charge in [-0.2, -0.15) is 13.2 Å². The van der Waals surface area contributed by atoms with E-state index >= 15 is 0 Å². The molecule has 1 amide bonds. The van der Waals surface area contributed by atoms with Gasteiger partial charge in [0.05, 0.1) is 19.1 Å². The van der Waals surface area contributed by atoms with E-state index in [4.69, 9.17) is 12.2 Å². The summed E-state index contributed by atoms with van der Waals surface area (Å²) in [6.45, 7) is 0. The van der Waals surface area contributed by atoms with Crippen LogP contribution in [0.2, 0.25) is 0 Å². The summed E-state index contributed by atoms with van der Waals surface area (Å²) in [6.07, 6.45) is -4.73. The number of thiocarbonyl (C=S) groups is 1. The fraction of sp³-hybridized carbons (Fsp3) is 0.308. The van der Waals surface area contributed by atoms with Gasteiger partial charge in [0.25, 0.3) is 0 Å². The Morgan fingerprint density at radius 1 is 1.27 bits per heavy atom. The van der Waals surface area contributed by atoms with Crippen LogP contribution in [0.4, 0.5) is 18.9 Å². The number of rotatable bonds is 4. The van der Waals surface area contributed by atoms with E-state index in [2.05, 4.69) is 15.4 Å². The number of ether oxygens (including phenoxy) is 1. The SMILES string of the molecule is COC(=O)CCC(=O)NC(=S)Nc1cccc(C(F)(F)F)c1. The summed E-state index contributed by atoms with van der Waals surface area (Å²) in [5.41, 5.74) is -0.745. The molecule has 0 aliphatic carbocycles. The molecule has 0 heterocycles. The number of hydrogen-bond donors (Lipinski definition) is 2. The Morgan fingerprint density at radius 3 is 2.55 bits per heavy atom. The van der Waals surface area contributed by atoms with Crippen molar-refractivity contribution in [3.63, 3.8) is 0 Å². The van der Waals surface area contributed by atoms with Crippen molar-refractivity contribution >= 4 is 34.9 Å². The second-order valence-corrected chi connectivity index (χ2v) is 4.57. The molecule has 1 aromatic carbocycles. The third-order valence-corrected chi connectivity index (χ3v) is 2.69. The summed E-state index contributed by atoms with van der Waals surface area (Å²) >= 11 is 4.82. The minimum atomic E-state index is -4.47. The maximum atomic E-state index is 12.6. The highest BCUT2D eigenvalue weighted by molar-refractivity contribution is 7.80. The average molecular weight is 334 g/mol. The highest BCUT2D eigenvalue weighted by Crippen LogP contribution is 2.30. The first-order chi connectivity index (χ1) is 10.2. The van der Waals surface area contributed by atoms with Gasteiger partial charge in [-0.05, 0) is 30.4 Å². The van der Waals surface area contributed by atoms with E-state index in [1.54, 1.807) is 0 Å². The van der Waals surface area contributed by atoms with Crippen LogP contribution in [0.15, 0.2) is 24.3 Å². The van der Waals surface area contributed by atoms with Crippen LogP contribution in [0.1, 0.15) is 18.4 Å². The minimum absolute atomic E-state index is 0.0908. The number of carbonyl (C=O) groups is 2. The van der Waals surface area contributed by atoms with Gasteiger partial charge < -0.3 is 15.4 Å². The molecule has 1 aromatic rings. The molecule has 0 aromatic heterocycles. The van der Waals surface area contributed by atoms with Crippen molar-refractivity contribution in [1.29, 1.82) is 0 Å². The molecule has 0 atom stereocenters. The average Bonchev–Trinajstić information content (AvgIpc) is 2.43. The molecule has 0 aliphatic rings. The summed E-state index contributed by atoms with van der Waals surface area (Å²) in [4.78, 5) is 22.3. The first-order valence-corrected chi connectivity index (χ1v) is 6.48. The molecule has 0 saturated carbocycles. The lowest BCUT2D eigenvalue weighted by molar-refractivity contribution is -0.142. The Bertz CT molecular complexity index is 576. The molecule has 0 unspecified atom stereocenters. The van der Waals surface area contributed by atoms with E-state index in [9.17, 15) is 22.8 Å². The largest absolute Gasteiger partial charge is 0.469 e. The molecule has 1 rings (SSSR count). The smallest absolute Gasteiger partial charge is 0.416 e. The zero-order chi connectivity index (χ0) is 16.8. The second-order valence-electron chi connectivity index (χ2n) is 4.16. The number of methoxy groups -OCH3 is 1. The minimum Gasteiger partial charge on any atom is -0.469 e. The van der Waals surface area contributed by atoms with E-state index < -0.39 is 23.6 Å². The van der Waals surface area contributed by atoms with E-state index in [1.807, 2.05) is 0 Å². The van der Waals surface area contributed by atoms with Crippen molar-refractivity contribution in [3.05, 3.63) is 29.8 Å². The first-order valence-electron chi connectivity index (χ1n) is 6.07. The van der Waals surface area contributed by atoms with Gasteiger partial charge >= 0.3 is 12.1 Å². The highest BCUT2D eigenvalue weighted by atomic mass is 32.1. The lowest BCUT2D eigenvalue weighted by atomic mass is 10.2. The van der Waals surface area contributed by atoms with Gasteiger partial charge in [-0.1, -0.05) is 6.07 Å². The fourth-order valence-corrected chi connectivity index (χ4v) is 1.67. The number of alkyl halides is 3. The topological polar surface area (TPSA) is 67.4 Å². The van der Waals surface area contributed by atoms with E-state index in [-0.39, 0.29) is 23.6 Å². The number of nitrogens with one attached hydrogen (secondary N) is 2. The molecule has 22 heavy (non-hydrogen) atoms. The molecule has 0 radical (unpaired) electrons. The van der Waals surface area contributed by atoms with Crippen LogP contribution in [0.5, 0.6) is 0 Å². The summed E-state index contributed by atoms with van der Waals surface area (Å²) in [5, 5.41) is 4.57. The van der Waals surface area contributed by atoms with Gasteiger partial charge in [0, 0.05) is 12.1 Å². The first kappa shape index (κ1) is 17.9. The zero-order valence-corrected chi connectivity index (χ0v) is 12.3. The maximum absolute atomic E-state index is 12.6. The monoisotopic (exact) mass is 334 g/mol. The molecule has 2 N–H and O–H groups in total. The summed E-state index contributed by atoms with van der Waals surface area (Å²) < 4.78 is 42.0. The number of hydrogen-bond acceptors (Lipinski definition) is 4. The Balaban J connectivity index is 2.55. The molecular weight excluding hydrogens is 321 g/mol. The predicted molar refractivity (Wildman–Crippen MR) is 77.1 cm³/mol. The maximum Gasteiger partial charge on any atom is 0.416 e. The Hall–Kier alpha value is -2.16. The lowest BCUT2D eigenvalue weighted by Crippen LogP contribution is -2.34. The van der Waals surface area contributed by atoms with Crippen LogP contribution in [0.3, 0.4) is 0 Å². The fourth-order valence-electron chi connectivity index (χ4n) is 1.44. The van der Waals surface area contributed by atoms with Gasteiger partial charge in [-0.15, -0.1) is 0 Å². The lowest BCUT2D eigenvalue weighted by Gasteiger charge is -2.12. The predicted octanol–water partition coefficient (Wildman–Crippen LogP) is 2.47. The Labute approximate surface area is 129 Å². The standard InChI is InChI=1S/C13H13F3N2O3S/c1-21-11(20)6-5-10(19)18-12(22)17-9-4-2-3-8(7-9)13(14,15)16/h2-4,7H,5-6H2,1H3,(H2,17,18,19,22). The highest BCUT2D eigenvalue weighted by Gasteiger charge is 2.30. The Morgan fingerprint density at radius 2 is 1.95 bits per heavy atom. The summed E-state index contributed by atoms with van der Waals surface area (Å²) in [6, 6.07) is 4.38. The van der Waals surface area contributed by atoms with Crippen molar-refractivity contribution in [2.24, 2.45) is 0 Å². The van der Waals surface area contributed by atoms with Crippen molar-refractivity contribution in [3.8, 4) is 0 Å². The van der Waals surface area contributed by atoms with Crippen molar-refractivity contribution in [2.45, 2.75) is 19.0 Å². The van der Waals surface area contributed by atoms with Crippen LogP contribution in [-0.2, 0) is 20.5 Å². The second kappa shape index (κ2) is 7.74. The molecular formula is C13H13F3N2O3S. The normalized spacial score (nSPS) is 10.7. The number of benzene rings is 1. The van der Waals surface area contributed by atoms with Crippen LogP contribution in [-0.4, -0.2) is 24.1 Å². The van der Waals surface area contributed by atoms with Gasteiger partial charge in [-0.25, -0.2) is 0 Å². The van der Waals surface area contributed by atoms with Gasteiger partial charge in [0.1, 0.15) is 0 Å². The molecule has 9 heteroatoms. The number of carbonyl (C=O) groups excluding carboxylic acids is 2.